The molecule has 2 aliphatic rings. The number of aliphatic imine (C=N–C) groups is 1. The van der Waals surface area contributed by atoms with Crippen LogP contribution in [0, 0.1) is 17.6 Å². The third kappa shape index (κ3) is 5.95. The number of piperidine rings is 1. The molecule has 1 aromatic carbocycles. The van der Waals surface area contributed by atoms with Crippen LogP contribution in [0.1, 0.15) is 53.1 Å². The number of esters is 2. The maximum absolute atomic E-state index is 14.6. The Kier molecular flexibility index (Phi) is 8.90. The number of carbonyl (C=O) groups excluding carboxylic acids is 2. The molecule has 1 N–H and O–H groups in total. The number of thiazole rings is 1. The summed E-state index contributed by atoms with van der Waals surface area (Å²) in [5.41, 5.74) is 0.886. The van der Waals surface area contributed by atoms with Gasteiger partial charge in [-0.2, -0.15) is 0 Å². The predicted octanol–water partition coefficient (Wildman–Crippen LogP) is 4.93. The van der Waals surface area contributed by atoms with Crippen LogP contribution in [0.25, 0.3) is 0 Å². The van der Waals surface area contributed by atoms with Crippen molar-refractivity contribution >= 4 is 57.2 Å². The van der Waals surface area contributed by atoms with Gasteiger partial charge in [-0.25, -0.2) is 23.4 Å². The zero-order valence-electron chi connectivity index (χ0n) is 22.0. The average Bonchev–Trinajstić information content (AvgIpc) is 3.69. The highest BCUT2D eigenvalue weighted by Gasteiger charge is 2.38. The highest BCUT2D eigenvalue weighted by atomic mass is 35.5. The van der Waals surface area contributed by atoms with Gasteiger partial charge in [0.05, 0.1) is 23.8 Å². The highest BCUT2D eigenvalue weighted by Crippen LogP contribution is 2.41. The van der Waals surface area contributed by atoms with E-state index in [4.69, 9.17) is 26.1 Å². The predicted molar refractivity (Wildman–Crippen MR) is 150 cm³/mol. The summed E-state index contributed by atoms with van der Waals surface area (Å²) in [7, 11) is 0. The Morgan fingerprint density at radius 3 is 2.54 bits per heavy atom. The topological polar surface area (TPSA) is 119 Å². The van der Waals surface area contributed by atoms with E-state index in [1.54, 1.807) is 25.4 Å². The number of hydrogen-bond acceptors (Lipinski definition) is 12. The van der Waals surface area contributed by atoms with Gasteiger partial charge < -0.3 is 19.7 Å². The fourth-order valence-electron chi connectivity index (χ4n) is 4.72. The number of nitrogens with zero attached hydrogens (tertiary/aromatic N) is 5. The first kappa shape index (κ1) is 29.0. The Hall–Kier alpha value is -3.49. The second-order valence-corrected chi connectivity index (χ2v) is 11.3. The first-order valence-electron chi connectivity index (χ1n) is 12.9. The van der Waals surface area contributed by atoms with Crippen molar-refractivity contribution in [2.45, 2.75) is 32.7 Å². The molecule has 2 aliphatic heterocycles. The van der Waals surface area contributed by atoms with Crippen LogP contribution in [0.4, 0.5) is 13.9 Å². The Morgan fingerprint density at radius 1 is 1.12 bits per heavy atom. The van der Waals surface area contributed by atoms with E-state index >= 15 is 0 Å². The standard InChI is InChI=1S/C26H25ClF2N6O4S2/c1-3-38-24(36)16-19(13-7-10-35(11-8-13)26-34-33-23(41-26)25(37)39-4-2)31-21(22-30-9-12-40-22)32-20(16)14-5-6-15(28)18(29)17(14)27/h5-6,9,12-13,20H,3-4,7-8,10-11H2,1-2H3,(H,31,32). The van der Waals surface area contributed by atoms with Crippen molar-refractivity contribution in [2.75, 3.05) is 31.2 Å². The minimum absolute atomic E-state index is 0.106. The lowest BCUT2D eigenvalue weighted by molar-refractivity contribution is -0.139. The molecule has 0 bridgehead atoms. The molecule has 216 valence electrons. The lowest BCUT2D eigenvalue weighted by Crippen LogP contribution is -2.41. The van der Waals surface area contributed by atoms with E-state index in [9.17, 15) is 18.4 Å². The SMILES string of the molecule is CCOC(=O)C1=C(C2CCN(c3nnc(C(=O)OCC)s3)CC2)NC(c2nccs2)=NC1c1ccc(F)c(F)c1Cl. The molecule has 41 heavy (non-hydrogen) atoms. The average molecular weight is 623 g/mol. The molecule has 1 unspecified atom stereocenters. The first-order chi connectivity index (χ1) is 19.8. The second kappa shape index (κ2) is 12.6. The first-order valence-corrected chi connectivity index (χ1v) is 14.9. The molecule has 4 heterocycles. The zero-order valence-corrected chi connectivity index (χ0v) is 24.4. The molecule has 15 heteroatoms. The molecule has 0 aliphatic carbocycles. The molecular weight excluding hydrogens is 598 g/mol. The largest absolute Gasteiger partial charge is 0.463 e. The monoisotopic (exact) mass is 622 g/mol. The number of amidine groups is 1. The van der Waals surface area contributed by atoms with Crippen LogP contribution < -0.4 is 10.2 Å². The van der Waals surface area contributed by atoms with E-state index in [1.165, 1.54) is 17.4 Å². The summed E-state index contributed by atoms with van der Waals surface area (Å²) in [6, 6.07) is 1.24. The Balaban J connectivity index is 1.50. The van der Waals surface area contributed by atoms with E-state index in [0.717, 1.165) is 17.4 Å². The maximum Gasteiger partial charge on any atom is 0.369 e. The third-order valence-electron chi connectivity index (χ3n) is 6.60. The molecule has 10 nitrogen and oxygen atoms in total. The van der Waals surface area contributed by atoms with Crippen molar-refractivity contribution in [3.8, 4) is 0 Å². The fraction of sp³-hybridized carbons (Fsp3) is 0.385. The van der Waals surface area contributed by atoms with Crippen molar-refractivity contribution in [1.29, 1.82) is 0 Å². The van der Waals surface area contributed by atoms with Crippen molar-refractivity contribution in [3.63, 3.8) is 0 Å². The van der Waals surface area contributed by atoms with Gasteiger partial charge in [-0.1, -0.05) is 29.0 Å². The Labute approximate surface area is 247 Å². The van der Waals surface area contributed by atoms with Gasteiger partial charge in [-0.15, -0.1) is 21.5 Å². The van der Waals surface area contributed by atoms with Gasteiger partial charge >= 0.3 is 11.9 Å². The summed E-state index contributed by atoms with van der Waals surface area (Å²) >= 11 is 8.77. The molecule has 1 saturated heterocycles. The van der Waals surface area contributed by atoms with Gasteiger partial charge in [0.2, 0.25) is 10.1 Å². The van der Waals surface area contributed by atoms with Crippen molar-refractivity contribution in [1.82, 2.24) is 20.5 Å². The van der Waals surface area contributed by atoms with Crippen LogP contribution in [0.3, 0.4) is 0 Å². The number of benzene rings is 1. The summed E-state index contributed by atoms with van der Waals surface area (Å²) in [6.07, 6.45) is 2.82. The molecule has 0 spiro atoms. The fourth-order valence-corrected chi connectivity index (χ4v) is 6.36. The van der Waals surface area contributed by atoms with Crippen LogP contribution >= 0.6 is 34.3 Å². The third-order valence-corrected chi connectivity index (χ3v) is 8.73. The summed E-state index contributed by atoms with van der Waals surface area (Å²) in [6.45, 7) is 4.87. The van der Waals surface area contributed by atoms with Crippen LogP contribution in [-0.2, 0) is 14.3 Å². The summed E-state index contributed by atoms with van der Waals surface area (Å²) in [4.78, 5) is 36.5. The van der Waals surface area contributed by atoms with Crippen LogP contribution in [-0.4, -0.2) is 59.3 Å². The number of anilines is 1. The molecule has 1 atom stereocenters. The summed E-state index contributed by atoms with van der Waals surface area (Å²) in [5, 5.41) is 14.1. The molecule has 0 saturated carbocycles. The van der Waals surface area contributed by atoms with E-state index in [2.05, 4.69) is 20.5 Å². The van der Waals surface area contributed by atoms with Gasteiger partial charge in [0.1, 0.15) is 6.04 Å². The van der Waals surface area contributed by atoms with Crippen LogP contribution in [0.15, 0.2) is 40.0 Å². The Bertz CT molecular complexity index is 1510. The van der Waals surface area contributed by atoms with E-state index in [-0.39, 0.29) is 35.3 Å². The molecule has 3 aromatic rings. The number of carbonyl (C=O) groups is 2. The lowest BCUT2D eigenvalue weighted by atomic mass is 9.85. The van der Waals surface area contributed by atoms with Crippen LogP contribution in [0.2, 0.25) is 5.02 Å². The van der Waals surface area contributed by atoms with Crippen LogP contribution in [0.5, 0.6) is 0 Å². The minimum Gasteiger partial charge on any atom is -0.463 e. The zero-order chi connectivity index (χ0) is 29.1. The van der Waals surface area contributed by atoms with E-state index in [1.807, 2.05) is 4.90 Å². The minimum atomic E-state index is -1.22. The quantitative estimate of drug-likeness (QED) is 0.276. The molecule has 5 rings (SSSR count). The van der Waals surface area contributed by atoms with Crippen molar-refractivity contribution < 1.29 is 27.8 Å². The normalized spacial score (nSPS) is 17.7. The number of nitrogens with one attached hydrogen (secondary N) is 1. The van der Waals surface area contributed by atoms with Crippen molar-refractivity contribution in [2.24, 2.45) is 10.9 Å². The van der Waals surface area contributed by atoms with Gasteiger partial charge in [0, 0.05) is 41.8 Å². The highest BCUT2D eigenvalue weighted by molar-refractivity contribution is 7.17. The molecule has 2 aromatic heterocycles. The lowest BCUT2D eigenvalue weighted by Gasteiger charge is -2.36. The van der Waals surface area contributed by atoms with E-state index < -0.39 is 34.6 Å². The van der Waals surface area contributed by atoms with E-state index in [0.29, 0.717) is 47.6 Å². The molecule has 0 amide bonds. The van der Waals surface area contributed by atoms with Gasteiger partial charge in [0.25, 0.3) is 0 Å². The number of ether oxygens (including phenoxy) is 2. The number of aromatic nitrogens is 3. The number of halogens is 3. The second-order valence-electron chi connectivity index (χ2n) is 9.03. The number of rotatable bonds is 8. The number of allylic oxidation sites excluding steroid dienone is 1. The molecule has 1 fully saturated rings. The molecule has 0 radical (unpaired) electrons. The van der Waals surface area contributed by atoms with Gasteiger partial charge in [0.15, 0.2) is 22.5 Å². The summed E-state index contributed by atoms with van der Waals surface area (Å²) in [5.74, 6) is -3.23. The van der Waals surface area contributed by atoms with Gasteiger partial charge in [-0.3, -0.25) is 4.99 Å². The smallest absolute Gasteiger partial charge is 0.369 e. The van der Waals surface area contributed by atoms with Crippen molar-refractivity contribution in [3.05, 3.63) is 67.2 Å². The summed E-state index contributed by atoms with van der Waals surface area (Å²) < 4.78 is 39.0. The number of hydrogen-bond donors (Lipinski definition) is 1. The Morgan fingerprint density at radius 2 is 1.85 bits per heavy atom. The maximum atomic E-state index is 14.6. The molecular formula is C26H25ClF2N6O4S2. The van der Waals surface area contributed by atoms with Gasteiger partial charge in [-0.05, 0) is 32.8 Å².